The molecule has 1 fully saturated rings. The first-order chi connectivity index (χ1) is 9.23. The van der Waals surface area contributed by atoms with Crippen molar-refractivity contribution in [3.05, 3.63) is 22.4 Å². The third-order valence-corrected chi connectivity index (χ3v) is 5.72. The van der Waals surface area contributed by atoms with Gasteiger partial charge in [-0.05, 0) is 46.8 Å². The van der Waals surface area contributed by atoms with Crippen LogP contribution in [0.5, 0.6) is 0 Å². The first-order valence-electron chi connectivity index (χ1n) is 6.50. The summed E-state index contributed by atoms with van der Waals surface area (Å²) in [5.74, 6) is -0.348. The minimum atomic E-state index is -3.69. The number of nitrogens with two attached hydrogens (primary N) is 1. The Morgan fingerprint density at radius 3 is 2.55 bits per heavy atom. The van der Waals surface area contributed by atoms with E-state index in [1.54, 1.807) is 0 Å². The number of hydrogen-bond acceptors (Lipinski definition) is 3. The molecule has 20 heavy (non-hydrogen) atoms. The second kappa shape index (κ2) is 5.61. The van der Waals surface area contributed by atoms with Crippen LogP contribution in [-0.4, -0.2) is 25.3 Å². The summed E-state index contributed by atoms with van der Waals surface area (Å²) in [4.78, 5) is -0.0293. The molecular weight excluding hydrogens is 347 g/mol. The summed E-state index contributed by atoms with van der Waals surface area (Å²) in [6, 6.07) is 2.33. The van der Waals surface area contributed by atoms with E-state index in [4.69, 9.17) is 5.73 Å². The average Bonchev–Trinajstić information content (AvgIpc) is 3.14. The molecule has 2 rings (SSSR count). The molecule has 0 spiro atoms. The molecule has 0 atom stereocenters. The predicted molar refractivity (Wildman–Crippen MR) is 80.3 cm³/mol. The van der Waals surface area contributed by atoms with Crippen molar-refractivity contribution in [3.8, 4) is 0 Å². The van der Waals surface area contributed by atoms with Gasteiger partial charge in [-0.3, -0.25) is 0 Å². The highest BCUT2D eigenvalue weighted by Gasteiger charge is 2.39. The Bertz CT molecular complexity index is 615. The number of nitrogen functional groups attached to an aromatic ring is 1. The van der Waals surface area contributed by atoms with E-state index in [9.17, 15) is 12.8 Å². The van der Waals surface area contributed by atoms with Crippen molar-refractivity contribution in [1.29, 1.82) is 0 Å². The maximum absolute atomic E-state index is 13.4. The van der Waals surface area contributed by atoms with Crippen LogP contribution >= 0.6 is 15.9 Å². The average molecular weight is 365 g/mol. The number of anilines is 1. The molecule has 0 saturated heterocycles. The second-order valence-electron chi connectivity index (χ2n) is 5.50. The fourth-order valence-corrected chi connectivity index (χ4v) is 4.53. The highest BCUT2D eigenvalue weighted by Crippen LogP contribution is 2.35. The Hall–Kier alpha value is -0.660. The summed E-state index contributed by atoms with van der Waals surface area (Å²) in [6.45, 7) is 4.38. The molecule has 1 aromatic rings. The fraction of sp³-hybridized carbons (Fsp3) is 0.538. The van der Waals surface area contributed by atoms with E-state index in [0.29, 0.717) is 6.54 Å². The summed E-state index contributed by atoms with van der Waals surface area (Å²) in [5, 5.41) is 0. The molecule has 0 radical (unpaired) electrons. The normalized spacial score (nSPS) is 16.1. The van der Waals surface area contributed by atoms with Crippen LogP contribution in [0.25, 0.3) is 0 Å². The van der Waals surface area contributed by atoms with Gasteiger partial charge in [-0.1, -0.05) is 13.8 Å². The lowest BCUT2D eigenvalue weighted by Gasteiger charge is -2.24. The zero-order valence-corrected chi connectivity index (χ0v) is 13.8. The highest BCUT2D eigenvalue weighted by atomic mass is 79.9. The van der Waals surface area contributed by atoms with Gasteiger partial charge in [-0.2, -0.15) is 4.31 Å². The molecule has 1 saturated carbocycles. The van der Waals surface area contributed by atoms with Crippen LogP contribution < -0.4 is 5.73 Å². The summed E-state index contributed by atoms with van der Waals surface area (Å²) in [7, 11) is -3.69. The smallest absolute Gasteiger partial charge is 0.245 e. The van der Waals surface area contributed by atoms with Crippen molar-refractivity contribution in [2.24, 2.45) is 5.92 Å². The van der Waals surface area contributed by atoms with Crippen molar-refractivity contribution in [2.75, 3.05) is 12.3 Å². The lowest BCUT2D eigenvalue weighted by Crippen LogP contribution is -2.36. The zero-order valence-electron chi connectivity index (χ0n) is 11.4. The molecular formula is C13H18BrFN2O2S. The van der Waals surface area contributed by atoms with Gasteiger partial charge in [-0.25, -0.2) is 12.8 Å². The van der Waals surface area contributed by atoms with Crippen LogP contribution in [0.15, 0.2) is 21.5 Å². The molecule has 1 aromatic carbocycles. The first kappa shape index (κ1) is 15.7. The maximum Gasteiger partial charge on any atom is 0.245 e. The minimum Gasteiger partial charge on any atom is -0.398 e. The standard InChI is InChI=1S/C13H18BrFN2O2S/c1-8(2)7-17(9-3-4-9)20(18,19)13-5-10(14)11(15)6-12(13)16/h5-6,8-9H,3-4,7,16H2,1-2H3. The van der Waals surface area contributed by atoms with Gasteiger partial charge < -0.3 is 5.73 Å². The van der Waals surface area contributed by atoms with Gasteiger partial charge in [0.1, 0.15) is 10.7 Å². The summed E-state index contributed by atoms with van der Waals surface area (Å²) < 4.78 is 40.5. The second-order valence-corrected chi connectivity index (χ2v) is 8.22. The van der Waals surface area contributed by atoms with Gasteiger partial charge in [0.15, 0.2) is 0 Å². The number of benzene rings is 1. The van der Waals surface area contributed by atoms with Crippen LogP contribution in [0.3, 0.4) is 0 Å². The van der Waals surface area contributed by atoms with Crippen molar-refractivity contribution >= 4 is 31.6 Å². The van der Waals surface area contributed by atoms with Crippen LogP contribution in [0.2, 0.25) is 0 Å². The molecule has 0 aliphatic heterocycles. The lowest BCUT2D eigenvalue weighted by atomic mass is 10.2. The number of nitrogens with zero attached hydrogens (tertiary/aromatic N) is 1. The van der Waals surface area contributed by atoms with Crippen molar-refractivity contribution in [3.63, 3.8) is 0 Å². The maximum atomic E-state index is 13.4. The zero-order chi connectivity index (χ0) is 15.1. The third-order valence-electron chi connectivity index (χ3n) is 3.14. The van der Waals surface area contributed by atoms with E-state index in [-0.39, 0.29) is 27.0 Å². The molecule has 2 N–H and O–H groups in total. The van der Waals surface area contributed by atoms with Gasteiger partial charge in [0.25, 0.3) is 0 Å². The van der Waals surface area contributed by atoms with E-state index >= 15 is 0 Å². The fourth-order valence-electron chi connectivity index (χ4n) is 2.06. The molecule has 0 aromatic heterocycles. The lowest BCUT2D eigenvalue weighted by molar-refractivity contribution is 0.360. The Morgan fingerprint density at radius 1 is 1.45 bits per heavy atom. The minimum absolute atomic E-state index is 0.0293. The van der Waals surface area contributed by atoms with E-state index < -0.39 is 15.8 Å². The van der Waals surface area contributed by atoms with Gasteiger partial charge in [0.2, 0.25) is 10.0 Å². The molecule has 0 heterocycles. The van der Waals surface area contributed by atoms with Gasteiger partial charge in [0.05, 0.1) is 10.2 Å². The Kier molecular flexibility index (Phi) is 4.41. The predicted octanol–water partition coefficient (Wildman–Crippen LogP) is 2.98. The molecule has 112 valence electrons. The van der Waals surface area contributed by atoms with Crippen LogP contribution in [0.4, 0.5) is 10.1 Å². The van der Waals surface area contributed by atoms with Gasteiger partial charge in [0, 0.05) is 12.6 Å². The van der Waals surface area contributed by atoms with E-state index in [2.05, 4.69) is 15.9 Å². The number of hydrogen-bond donors (Lipinski definition) is 1. The first-order valence-corrected chi connectivity index (χ1v) is 8.73. The van der Waals surface area contributed by atoms with Crippen LogP contribution in [0, 0.1) is 11.7 Å². The quantitative estimate of drug-likeness (QED) is 0.816. The van der Waals surface area contributed by atoms with E-state index in [1.807, 2.05) is 13.8 Å². The topological polar surface area (TPSA) is 63.4 Å². The Morgan fingerprint density at radius 2 is 2.05 bits per heavy atom. The Balaban J connectivity index is 2.45. The summed E-state index contributed by atoms with van der Waals surface area (Å²) >= 11 is 3.01. The Labute approximate surface area is 127 Å². The largest absolute Gasteiger partial charge is 0.398 e. The number of halogens is 2. The molecule has 7 heteroatoms. The van der Waals surface area contributed by atoms with Crippen molar-refractivity contribution in [2.45, 2.75) is 37.6 Å². The molecule has 1 aliphatic rings. The van der Waals surface area contributed by atoms with Crippen molar-refractivity contribution in [1.82, 2.24) is 4.31 Å². The van der Waals surface area contributed by atoms with Gasteiger partial charge >= 0.3 is 0 Å². The SMILES string of the molecule is CC(C)CN(C1CC1)S(=O)(=O)c1cc(Br)c(F)cc1N. The van der Waals surface area contributed by atoms with Crippen LogP contribution in [-0.2, 0) is 10.0 Å². The van der Waals surface area contributed by atoms with Crippen molar-refractivity contribution < 1.29 is 12.8 Å². The molecule has 1 aliphatic carbocycles. The summed E-state index contributed by atoms with van der Waals surface area (Å²) in [6.07, 6.45) is 1.74. The monoisotopic (exact) mass is 364 g/mol. The van der Waals surface area contributed by atoms with Gasteiger partial charge in [-0.15, -0.1) is 0 Å². The number of rotatable bonds is 5. The highest BCUT2D eigenvalue weighted by molar-refractivity contribution is 9.10. The molecule has 0 unspecified atom stereocenters. The van der Waals surface area contributed by atoms with Crippen LogP contribution in [0.1, 0.15) is 26.7 Å². The molecule has 4 nitrogen and oxygen atoms in total. The molecule has 0 bridgehead atoms. The molecule has 0 amide bonds. The van der Waals surface area contributed by atoms with E-state index in [0.717, 1.165) is 18.9 Å². The number of sulfonamides is 1. The summed E-state index contributed by atoms with van der Waals surface area (Å²) in [5.41, 5.74) is 5.64. The van der Waals surface area contributed by atoms with E-state index in [1.165, 1.54) is 10.4 Å². The third kappa shape index (κ3) is 3.15.